The molecule has 0 radical (unpaired) electrons. The van der Waals surface area contributed by atoms with Crippen molar-refractivity contribution in [3.63, 3.8) is 0 Å². The van der Waals surface area contributed by atoms with Crippen LogP contribution in [0.3, 0.4) is 0 Å². The summed E-state index contributed by atoms with van der Waals surface area (Å²) in [5.74, 6) is 0.789. The van der Waals surface area contributed by atoms with E-state index in [-0.39, 0.29) is 10.6 Å². The zero-order valence-electron chi connectivity index (χ0n) is 12.6. The van der Waals surface area contributed by atoms with Crippen LogP contribution >= 0.6 is 11.6 Å². The standard InChI is InChI=1S/C15H15ClN6O/c1-20-15(23)14(16)12(10-18-20)21-5-7-22(8-6-21)13-4-2-3-11(9-17)19-13/h2-4,10H,5-8H2,1H3. The van der Waals surface area contributed by atoms with Gasteiger partial charge in [-0.15, -0.1) is 0 Å². The summed E-state index contributed by atoms with van der Waals surface area (Å²) in [6.45, 7) is 2.86. The molecule has 0 saturated carbocycles. The van der Waals surface area contributed by atoms with E-state index in [0.29, 0.717) is 24.5 Å². The summed E-state index contributed by atoms with van der Waals surface area (Å²) in [4.78, 5) is 20.3. The third-order valence-corrected chi connectivity index (χ3v) is 4.21. The fraction of sp³-hybridized carbons (Fsp3) is 0.333. The molecule has 1 saturated heterocycles. The average Bonchev–Trinajstić information content (AvgIpc) is 2.60. The van der Waals surface area contributed by atoms with Gasteiger partial charge in [0.05, 0.1) is 11.9 Å². The van der Waals surface area contributed by atoms with Gasteiger partial charge >= 0.3 is 0 Å². The van der Waals surface area contributed by atoms with Crippen molar-refractivity contribution in [1.29, 1.82) is 5.26 Å². The molecule has 23 heavy (non-hydrogen) atoms. The minimum absolute atomic E-state index is 0.195. The molecule has 1 aliphatic heterocycles. The van der Waals surface area contributed by atoms with E-state index in [0.717, 1.165) is 18.9 Å². The third-order valence-electron chi connectivity index (χ3n) is 3.85. The Hall–Kier alpha value is -2.59. The SMILES string of the molecule is Cn1ncc(N2CCN(c3cccc(C#N)n3)CC2)c(Cl)c1=O. The normalized spacial score (nSPS) is 14.7. The molecule has 8 heteroatoms. The van der Waals surface area contributed by atoms with Crippen LogP contribution in [0.4, 0.5) is 11.5 Å². The molecule has 3 rings (SSSR count). The largest absolute Gasteiger partial charge is 0.365 e. The Bertz CT molecular complexity index is 819. The lowest BCUT2D eigenvalue weighted by atomic mass is 10.2. The van der Waals surface area contributed by atoms with Crippen LogP contribution in [-0.4, -0.2) is 40.9 Å². The van der Waals surface area contributed by atoms with Crippen LogP contribution in [0.1, 0.15) is 5.69 Å². The van der Waals surface area contributed by atoms with E-state index in [1.54, 1.807) is 19.3 Å². The maximum atomic E-state index is 11.9. The van der Waals surface area contributed by atoms with Crippen molar-refractivity contribution < 1.29 is 0 Å². The van der Waals surface area contributed by atoms with Crippen LogP contribution in [0.2, 0.25) is 5.02 Å². The molecule has 0 amide bonds. The molecular formula is C15H15ClN6O. The van der Waals surface area contributed by atoms with Gasteiger partial charge in [0.25, 0.3) is 5.56 Å². The van der Waals surface area contributed by atoms with Gasteiger partial charge in [0.2, 0.25) is 0 Å². The predicted octanol–water partition coefficient (Wildman–Crippen LogP) is 1.03. The van der Waals surface area contributed by atoms with Gasteiger partial charge in [-0.1, -0.05) is 17.7 Å². The number of aromatic nitrogens is 3. The first-order chi connectivity index (χ1) is 11.1. The van der Waals surface area contributed by atoms with Gasteiger partial charge in [0.15, 0.2) is 0 Å². The summed E-state index contributed by atoms with van der Waals surface area (Å²) >= 11 is 6.15. The number of anilines is 2. The van der Waals surface area contributed by atoms with Crippen LogP contribution < -0.4 is 15.4 Å². The van der Waals surface area contributed by atoms with Crippen molar-refractivity contribution in [3.05, 3.63) is 45.5 Å². The van der Waals surface area contributed by atoms with E-state index in [4.69, 9.17) is 16.9 Å². The number of rotatable bonds is 2. The van der Waals surface area contributed by atoms with E-state index in [9.17, 15) is 4.79 Å². The van der Waals surface area contributed by atoms with Crippen LogP contribution in [0.5, 0.6) is 0 Å². The maximum Gasteiger partial charge on any atom is 0.287 e. The molecule has 1 fully saturated rings. The smallest absolute Gasteiger partial charge is 0.287 e. The minimum Gasteiger partial charge on any atom is -0.365 e. The lowest BCUT2D eigenvalue weighted by molar-refractivity contribution is 0.638. The number of piperazine rings is 1. The Morgan fingerprint density at radius 3 is 2.61 bits per heavy atom. The first-order valence-electron chi connectivity index (χ1n) is 7.19. The van der Waals surface area contributed by atoms with Crippen molar-refractivity contribution in [2.45, 2.75) is 0 Å². The molecule has 7 nitrogen and oxygen atoms in total. The molecular weight excluding hydrogens is 316 g/mol. The number of aryl methyl sites for hydroxylation is 1. The molecule has 3 heterocycles. The number of pyridine rings is 1. The summed E-state index contributed by atoms with van der Waals surface area (Å²) in [5, 5.41) is 13.2. The fourth-order valence-corrected chi connectivity index (χ4v) is 2.85. The molecule has 0 N–H and O–H groups in total. The first-order valence-corrected chi connectivity index (χ1v) is 7.57. The van der Waals surface area contributed by atoms with E-state index in [1.807, 2.05) is 23.1 Å². The second-order valence-electron chi connectivity index (χ2n) is 5.24. The molecule has 0 aliphatic carbocycles. The second kappa shape index (κ2) is 6.26. The van der Waals surface area contributed by atoms with Crippen molar-refractivity contribution in [2.75, 3.05) is 36.0 Å². The van der Waals surface area contributed by atoms with E-state index < -0.39 is 0 Å². The second-order valence-corrected chi connectivity index (χ2v) is 5.62. The zero-order valence-corrected chi connectivity index (χ0v) is 13.4. The number of nitriles is 1. The number of hydrogen-bond donors (Lipinski definition) is 0. The highest BCUT2D eigenvalue weighted by atomic mass is 35.5. The molecule has 0 atom stereocenters. The van der Waals surface area contributed by atoms with Gasteiger partial charge in [0, 0.05) is 33.2 Å². The number of nitrogens with zero attached hydrogens (tertiary/aromatic N) is 6. The van der Waals surface area contributed by atoms with Crippen molar-refractivity contribution >= 4 is 23.1 Å². The van der Waals surface area contributed by atoms with Crippen LogP contribution in [0.15, 0.2) is 29.2 Å². The number of halogens is 1. The van der Waals surface area contributed by atoms with Gasteiger partial charge in [0.1, 0.15) is 22.6 Å². The molecule has 118 valence electrons. The summed E-state index contributed by atoms with van der Waals surface area (Å²) in [6, 6.07) is 7.46. The first kappa shape index (κ1) is 15.3. The van der Waals surface area contributed by atoms with Gasteiger partial charge in [-0.25, -0.2) is 9.67 Å². The highest BCUT2D eigenvalue weighted by molar-refractivity contribution is 6.33. The summed E-state index contributed by atoms with van der Waals surface area (Å²) in [7, 11) is 1.57. The maximum absolute atomic E-state index is 11.9. The van der Waals surface area contributed by atoms with Crippen molar-refractivity contribution in [3.8, 4) is 6.07 Å². The predicted molar refractivity (Wildman–Crippen MR) is 87.9 cm³/mol. The summed E-state index contributed by atoms with van der Waals surface area (Å²) < 4.78 is 1.22. The lowest BCUT2D eigenvalue weighted by Gasteiger charge is -2.36. The lowest BCUT2D eigenvalue weighted by Crippen LogP contribution is -2.47. The van der Waals surface area contributed by atoms with Gasteiger partial charge in [-0.2, -0.15) is 10.4 Å². The fourth-order valence-electron chi connectivity index (χ4n) is 2.56. The average molecular weight is 331 g/mol. The zero-order chi connectivity index (χ0) is 16.4. The Morgan fingerprint density at radius 2 is 1.91 bits per heavy atom. The molecule has 0 unspecified atom stereocenters. The summed E-state index contributed by atoms with van der Waals surface area (Å²) in [6.07, 6.45) is 1.62. The highest BCUT2D eigenvalue weighted by Gasteiger charge is 2.21. The third kappa shape index (κ3) is 2.98. The van der Waals surface area contributed by atoms with Crippen molar-refractivity contribution in [1.82, 2.24) is 14.8 Å². The number of hydrogen-bond acceptors (Lipinski definition) is 6. The molecule has 1 aliphatic rings. The van der Waals surface area contributed by atoms with Crippen LogP contribution in [0, 0.1) is 11.3 Å². The minimum atomic E-state index is -0.296. The summed E-state index contributed by atoms with van der Waals surface area (Å²) in [5.41, 5.74) is 0.770. The Kier molecular flexibility index (Phi) is 4.17. The van der Waals surface area contributed by atoms with E-state index in [1.165, 1.54) is 4.68 Å². The van der Waals surface area contributed by atoms with E-state index >= 15 is 0 Å². The van der Waals surface area contributed by atoms with Crippen LogP contribution in [0.25, 0.3) is 0 Å². The molecule has 0 spiro atoms. The molecule has 2 aromatic rings. The molecule has 2 aromatic heterocycles. The van der Waals surface area contributed by atoms with E-state index in [2.05, 4.69) is 15.0 Å². The monoisotopic (exact) mass is 330 g/mol. The Morgan fingerprint density at radius 1 is 1.22 bits per heavy atom. The van der Waals surface area contributed by atoms with Crippen LogP contribution in [-0.2, 0) is 7.05 Å². The van der Waals surface area contributed by atoms with Gasteiger partial charge in [-0.05, 0) is 12.1 Å². The van der Waals surface area contributed by atoms with Gasteiger partial charge < -0.3 is 9.80 Å². The topological polar surface area (TPSA) is 78.1 Å². The Balaban J connectivity index is 1.75. The quantitative estimate of drug-likeness (QED) is 0.818. The highest BCUT2D eigenvalue weighted by Crippen LogP contribution is 2.23. The van der Waals surface area contributed by atoms with Gasteiger partial charge in [-0.3, -0.25) is 4.79 Å². The van der Waals surface area contributed by atoms with Crippen molar-refractivity contribution in [2.24, 2.45) is 7.05 Å². The molecule has 0 aromatic carbocycles. The Labute approximate surface area is 138 Å². The molecule has 0 bridgehead atoms.